The van der Waals surface area contributed by atoms with Gasteiger partial charge in [0.2, 0.25) is 5.91 Å². The number of thioether (sulfide) groups is 1. The first-order valence-electron chi connectivity index (χ1n) is 11.0. The molecule has 2 aliphatic heterocycles. The van der Waals surface area contributed by atoms with Crippen LogP contribution < -0.4 is 10.1 Å². The topological polar surface area (TPSA) is 80.2 Å². The zero-order valence-corrected chi connectivity index (χ0v) is 21.0. The molecule has 2 aliphatic rings. The number of para-hydroxylation sites is 1. The number of nitrogens with zero attached hydrogens (tertiary/aromatic N) is 2. The first-order chi connectivity index (χ1) is 16.6. The molecule has 0 aliphatic carbocycles. The number of thiophene rings is 1. The fraction of sp³-hybridized carbons (Fsp3) is 0.320. The first kappa shape index (κ1) is 24.1. The third kappa shape index (κ3) is 4.90. The lowest BCUT2D eigenvalue weighted by Crippen LogP contribution is -2.38. The van der Waals surface area contributed by atoms with E-state index >= 15 is 0 Å². The van der Waals surface area contributed by atoms with E-state index in [2.05, 4.69) is 11.4 Å². The van der Waals surface area contributed by atoms with Crippen LogP contribution in [0.1, 0.15) is 36.2 Å². The van der Waals surface area contributed by atoms with Crippen LogP contribution in [0.15, 0.2) is 69.1 Å². The number of ether oxygens (including phenoxy) is 2. The Balaban J connectivity index is 1.63. The van der Waals surface area contributed by atoms with Gasteiger partial charge in [0.05, 0.1) is 38.0 Å². The van der Waals surface area contributed by atoms with E-state index in [0.29, 0.717) is 30.0 Å². The van der Waals surface area contributed by atoms with Gasteiger partial charge in [-0.15, -0.1) is 11.3 Å². The van der Waals surface area contributed by atoms with Crippen LogP contribution in [0.25, 0.3) is 0 Å². The number of nitrogens with one attached hydrogen (secondary N) is 1. The summed E-state index contributed by atoms with van der Waals surface area (Å²) in [4.78, 5) is 33.7. The van der Waals surface area contributed by atoms with E-state index in [0.717, 1.165) is 22.8 Å². The van der Waals surface area contributed by atoms with Crippen LogP contribution in [0.3, 0.4) is 0 Å². The molecule has 4 rings (SSSR count). The second kappa shape index (κ2) is 10.9. The van der Waals surface area contributed by atoms with Crippen LogP contribution in [0.5, 0.6) is 5.75 Å². The highest BCUT2D eigenvalue weighted by Gasteiger charge is 2.42. The molecule has 1 aromatic carbocycles. The number of carbonyl (C=O) groups excluding carboxylic acids is 2. The summed E-state index contributed by atoms with van der Waals surface area (Å²) < 4.78 is 10.8. The number of hydrogen-bond donors (Lipinski definition) is 1. The van der Waals surface area contributed by atoms with Crippen molar-refractivity contribution in [2.75, 3.05) is 20.8 Å². The van der Waals surface area contributed by atoms with E-state index in [1.54, 1.807) is 18.4 Å². The third-order valence-electron chi connectivity index (χ3n) is 5.68. The van der Waals surface area contributed by atoms with Gasteiger partial charge in [-0.3, -0.25) is 4.79 Å². The molecule has 9 heteroatoms. The van der Waals surface area contributed by atoms with E-state index in [-0.39, 0.29) is 12.3 Å². The fourth-order valence-corrected chi connectivity index (χ4v) is 5.75. The van der Waals surface area contributed by atoms with Gasteiger partial charge < -0.3 is 19.7 Å². The molecule has 0 bridgehead atoms. The molecular weight excluding hydrogens is 470 g/mol. The van der Waals surface area contributed by atoms with Gasteiger partial charge in [0.1, 0.15) is 5.75 Å². The largest absolute Gasteiger partial charge is 0.496 e. The van der Waals surface area contributed by atoms with Gasteiger partial charge >= 0.3 is 5.97 Å². The minimum absolute atomic E-state index is 0.0756. The van der Waals surface area contributed by atoms with Crippen molar-refractivity contribution in [3.8, 4) is 5.75 Å². The van der Waals surface area contributed by atoms with Crippen LogP contribution in [0.2, 0.25) is 0 Å². The maximum Gasteiger partial charge on any atom is 0.338 e. The highest BCUT2D eigenvalue weighted by Crippen LogP contribution is 2.47. The number of carbonyl (C=O) groups is 2. The Kier molecular flexibility index (Phi) is 7.74. The summed E-state index contributed by atoms with van der Waals surface area (Å²) in [6, 6.07) is 11.2. The zero-order chi connectivity index (χ0) is 24.1. The van der Waals surface area contributed by atoms with Crippen molar-refractivity contribution in [1.82, 2.24) is 10.2 Å². The van der Waals surface area contributed by atoms with E-state index < -0.39 is 12.0 Å². The van der Waals surface area contributed by atoms with Crippen molar-refractivity contribution in [2.45, 2.75) is 32.2 Å². The fourth-order valence-electron chi connectivity index (χ4n) is 4.11. The highest BCUT2D eigenvalue weighted by molar-refractivity contribution is 8.16. The van der Waals surface area contributed by atoms with E-state index in [1.807, 2.05) is 52.9 Å². The number of methoxy groups -OCH3 is 2. The van der Waals surface area contributed by atoms with E-state index in [1.165, 1.54) is 23.7 Å². The number of aliphatic imine (C=N–C) groups is 1. The number of hydrogen-bond acceptors (Lipinski definition) is 8. The van der Waals surface area contributed by atoms with Gasteiger partial charge in [0.15, 0.2) is 5.17 Å². The summed E-state index contributed by atoms with van der Waals surface area (Å²) in [6.45, 7) is 2.54. The Labute approximate surface area is 207 Å². The monoisotopic (exact) mass is 497 g/mol. The summed E-state index contributed by atoms with van der Waals surface area (Å²) in [5.74, 6) is 0.141. The Morgan fingerprint density at radius 1 is 1.18 bits per heavy atom. The summed E-state index contributed by atoms with van der Waals surface area (Å²) in [5.41, 5.74) is 2.74. The molecule has 0 spiro atoms. The van der Waals surface area contributed by atoms with Gasteiger partial charge in [-0.1, -0.05) is 43.0 Å². The Morgan fingerprint density at radius 2 is 2.00 bits per heavy atom. The number of benzene rings is 1. The highest BCUT2D eigenvalue weighted by atomic mass is 32.2. The molecule has 1 atom stereocenters. The van der Waals surface area contributed by atoms with Gasteiger partial charge in [0.25, 0.3) is 0 Å². The van der Waals surface area contributed by atoms with E-state index in [9.17, 15) is 9.59 Å². The molecule has 0 saturated carbocycles. The van der Waals surface area contributed by atoms with Crippen LogP contribution >= 0.6 is 23.1 Å². The van der Waals surface area contributed by atoms with Crippen molar-refractivity contribution in [3.63, 3.8) is 0 Å². The van der Waals surface area contributed by atoms with Gasteiger partial charge in [-0.25, -0.2) is 9.79 Å². The molecule has 7 nitrogen and oxygen atoms in total. The molecule has 1 amide bonds. The second-order valence-corrected chi connectivity index (χ2v) is 9.57. The maximum atomic E-state index is 13.0. The summed E-state index contributed by atoms with van der Waals surface area (Å²) >= 11 is 3.14. The molecule has 1 N–H and O–H groups in total. The standard InChI is InChI=1S/C25H27N3O4S2/c1-4-19-22(24(30)32-3)23(18-9-5-6-10-20(18)31-2)28-16(15-34-25(28)27-19)14-21(29)26-12-11-17-8-7-13-33-17/h5-10,13,15,23H,4,11-12,14H2,1-3H3,(H,26,29). The predicted molar refractivity (Wildman–Crippen MR) is 136 cm³/mol. The third-order valence-corrected chi connectivity index (χ3v) is 7.50. The lowest BCUT2D eigenvalue weighted by Gasteiger charge is -2.37. The summed E-state index contributed by atoms with van der Waals surface area (Å²) in [6.07, 6.45) is 1.55. The summed E-state index contributed by atoms with van der Waals surface area (Å²) in [7, 11) is 2.98. The van der Waals surface area contributed by atoms with Gasteiger partial charge in [0, 0.05) is 22.7 Å². The molecule has 34 heavy (non-hydrogen) atoms. The van der Waals surface area contributed by atoms with Crippen molar-refractivity contribution >= 4 is 40.1 Å². The molecule has 0 radical (unpaired) electrons. The Hall–Kier alpha value is -3.04. The average molecular weight is 498 g/mol. The van der Waals surface area contributed by atoms with Crippen molar-refractivity contribution in [3.05, 3.63) is 74.6 Å². The number of esters is 1. The number of rotatable bonds is 9. The number of allylic oxidation sites excluding steroid dienone is 1. The van der Waals surface area contributed by atoms with Crippen molar-refractivity contribution in [1.29, 1.82) is 0 Å². The van der Waals surface area contributed by atoms with Crippen LogP contribution in [0.4, 0.5) is 0 Å². The minimum atomic E-state index is -0.508. The number of fused-ring (bicyclic) bond motifs is 1. The molecule has 0 fully saturated rings. The van der Waals surface area contributed by atoms with Gasteiger partial charge in [-0.2, -0.15) is 0 Å². The predicted octanol–water partition coefficient (Wildman–Crippen LogP) is 4.64. The van der Waals surface area contributed by atoms with Crippen molar-refractivity contribution in [2.24, 2.45) is 4.99 Å². The van der Waals surface area contributed by atoms with Crippen LogP contribution in [-0.2, 0) is 20.7 Å². The van der Waals surface area contributed by atoms with Gasteiger partial charge in [-0.05, 0) is 35.8 Å². The minimum Gasteiger partial charge on any atom is -0.496 e. The SMILES string of the molecule is CCC1=C(C(=O)OC)C(c2ccccc2OC)N2C(CC(=O)NCCc3cccs3)=CSC2=N1. The Bertz CT molecular complexity index is 1150. The average Bonchev–Trinajstić information content (AvgIpc) is 3.52. The number of amidine groups is 1. The second-order valence-electron chi connectivity index (χ2n) is 7.70. The first-order valence-corrected chi connectivity index (χ1v) is 12.8. The van der Waals surface area contributed by atoms with Crippen LogP contribution in [-0.4, -0.2) is 42.7 Å². The van der Waals surface area contributed by atoms with Crippen molar-refractivity contribution < 1.29 is 19.1 Å². The zero-order valence-electron chi connectivity index (χ0n) is 19.4. The number of amides is 1. The quantitative estimate of drug-likeness (QED) is 0.508. The lowest BCUT2D eigenvalue weighted by atomic mass is 9.92. The molecule has 1 aromatic heterocycles. The summed E-state index contributed by atoms with van der Waals surface area (Å²) in [5, 5.41) is 7.72. The normalized spacial score (nSPS) is 17.1. The molecule has 1 unspecified atom stereocenters. The maximum absolute atomic E-state index is 13.0. The van der Waals surface area contributed by atoms with Crippen LogP contribution in [0, 0.1) is 0 Å². The van der Waals surface area contributed by atoms with E-state index in [4.69, 9.17) is 14.5 Å². The smallest absolute Gasteiger partial charge is 0.338 e. The lowest BCUT2D eigenvalue weighted by molar-refractivity contribution is -0.136. The molecule has 3 heterocycles. The molecule has 0 saturated heterocycles. The molecular formula is C25H27N3O4S2. The molecule has 178 valence electrons. The Morgan fingerprint density at radius 3 is 2.71 bits per heavy atom. The molecule has 2 aromatic rings.